The molecule has 0 aliphatic carbocycles. The number of rotatable bonds is 2. The minimum absolute atomic E-state index is 0.0472. The molecule has 2 fully saturated rings. The summed E-state index contributed by atoms with van der Waals surface area (Å²) in [6.07, 6.45) is 3.01. The van der Waals surface area contributed by atoms with Gasteiger partial charge >= 0.3 is 0 Å². The lowest BCUT2D eigenvalue weighted by atomic mass is 9.84. The predicted molar refractivity (Wildman–Crippen MR) is 79.4 cm³/mol. The molecule has 2 heterocycles. The summed E-state index contributed by atoms with van der Waals surface area (Å²) in [5.74, 6) is 0.0472. The Bertz CT molecular complexity index is 519. The van der Waals surface area contributed by atoms with E-state index < -0.39 is 0 Å². The maximum Gasteiger partial charge on any atom is 0.256 e. The smallest absolute Gasteiger partial charge is 0.256 e. The first-order valence-electron chi connectivity index (χ1n) is 7.04. The van der Waals surface area contributed by atoms with Gasteiger partial charge in [-0.05, 0) is 37.5 Å². The Kier molecular flexibility index (Phi) is 3.61. The molecule has 2 saturated heterocycles. The number of ether oxygens (including phenoxy) is 1. The molecule has 1 spiro atoms. The maximum absolute atomic E-state index is 12.6. The van der Waals surface area contributed by atoms with Gasteiger partial charge in [0.2, 0.25) is 0 Å². The fourth-order valence-electron chi connectivity index (χ4n) is 2.98. The van der Waals surface area contributed by atoms with Crippen molar-refractivity contribution in [3.8, 4) is 0 Å². The first kappa shape index (κ1) is 13.7. The van der Waals surface area contributed by atoms with Gasteiger partial charge in [0, 0.05) is 30.8 Å². The molecule has 1 N–H and O–H groups in total. The van der Waals surface area contributed by atoms with Gasteiger partial charge < -0.3 is 15.0 Å². The second-order valence-corrected chi connectivity index (χ2v) is 5.95. The molecule has 2 aliphatic rings. The van der Waals surface area contributed by atoms with Crippen LogP contribution in [0.5, 0.6) is 0 Å². The van der Waals surface area contributed by atoms with Crippen LogP contribution in [0.1, 0.15) is 29.6 Å². The minimum Gasteiger partial charge on any atom is -0.387 e. The van der Waals surface area contributed by atoms with Crippen LogP contribution >= 0.6 is 11.6 Å². The van der Waals surface area contributed by atoms with Crippen LogP contribution in [0, 0.1) is 0 Å². The van der Waals surface area contributed by atoms with Crippen LogP contribution in [-0.4, -0.2) is 43.2 Å². The Balaban J connectivity index is 1.74. The highest BCUT2D eigenvalue weighted by Gasteiger charge is 2.42. The third-order valence-electron chi connectivity index (χ3n) is 4.41. The van der Waals surface area contributed by atoms with Crippen molar-refractivity contribution in [1.82, 2.24) is 4.90 Å². The van der Waals surface area contributed by atoms with Crippen LogP contribution in [0.3, 0.4) is 0 Å². The lowest BCUT2D eigenvalue weighted by Gasteiger charge is -2.47. The van der Waals surface area contributed by atoms with Crippen molar-refractivity contribution in [2.24, 2.45) is 0 Å². The van der Waals surface area contributed by atoms with E-state index in [4.69, 9.17) is 16.3 Å². The van der Waals surface area contributed by atoms with E-state index in [-0.39, 0.29) is 11.5 Å². The second kappa shape index (κ2) is 5.26. The monoisotopic (exact) mass is 294 g/mol. The number of anilines is 1. The van der Waals surface area contributed by atoms with Crippen LogP contribution in [0.2, 0.25) is 5.02 Å². The standard InChI is InChI=1S/C15H19ClN2O2/c1-17-13-3-2-11(16)10-12(13)14(19)18-7-4-15(5-8-18)6-9-20-15/h2-3,10,17H,4-9H2,1H3. The van der Waals surface area contributed by atoms with Gasteiger partial charge in [-0.3, -0.25) is 4.79 Å². The normalized spacial score (nSPS) is 20.6. The fraction of sp³-hybridized carbons (Fsp3) is 0.533. The molecule has 0 saturated carbocycles. The number of amides is 1. The van der Waals surface area contributed by atoms with Crippen molar-refractivity contribution in [3.05, 3.63) is 28.8 Å². The van der Waals surface area contributed by atoms with E-state index in [9.17, 15) is 4.79 Å². The predicted octanol–water partition coefficient (Wildman–Crippen LogP) is 2.78. The molecule has 108 valence electrons. The molecule has 0 unspecified atom stereocenters. The molecule has 0 bridgehead atoms. The Labute approximate surface area is 124 Å². The second-order valence-electron chi connectivity index (χ2n) is 5.51. The Hall–Kier alpha value is -1.26. The summed E-state index contributed by atoms with van der Waals surface area (Å²) in [6.45, 7) is 2.38. The van der Waals surface area contributed by atoms with E-state index in [0.717, 1.165) is 44.6 Å². The summed E-state index contributed by atoms with van der Waals surface area (Å²) in [7, 11) is 1.81. The zero-order valence-corrected chi connectivity index (χ0v) is 12.4. The first-order chi connectivity index (χ1) is 9.63. The van der Waals surface area contributed by atoms with E-state index >= 15 is 0 Å². The molecule has 1 amide bonds. The highest BCUT2D eigenvalue weighted by Crippen LogP contribution is 2.37. The van der Waals surface area contributed by atoms with Crippen molar-refractivity contribution in [2.75, 3.05) is 32.1 Å². The average molecular weight is 295 g/mol. The van der Waals surface area contributed by atoms with Gasteiger partial charge in [-0.15, -0.1) is 0 Å². The third-order valence-corrected chi connectivity index (χ3v) is 4.64. The van der Waals surface area contributed by atoms with Crippen LogP contribution in [0.25, 0.3) is 0 Å². The molecule has 1 aromatic rings. The highest BCUT2D eigenvalue weighted by atomic mass is 35.5. The minimum atomic E-state index is 0.0472. The number of carbonyl (C=O) groups is 1. The largest absolute Gasteiger partial charge is 0.387 e. The van der Waals surface area contributed by atoms with Crippen LogP contribution in [-0.2, 0) is 4.74 Å². The summed E-state index contributed by atoms with van der Waals surface area (Å²) in [5.41, 5.74) is 1.53. The van der Waals surface area contributed by atoms with Crippen LogP contribution < -0.4 is 5.32 Å². The van der Waals surface area contributed by atoms with Crippen molar-refractivity contribution >= 4 is 23.2 Å². The zero-order valence-electron chi connectivity index (χ0n) is 11.6. The lowest BCUT2D eigenvalue weighted by Crippen LogP contribution is -2.53. The molecule has 20 heavy (non-hydrogen) atoms. The summed E-state index contributed by atoms with van der Waals surface area (Å²) in [5, 5.41) is 3.64. The lowest BCUT2D eigenvalue weighted by molar-refractivity contribution is -0.169. The zero-order chi connectivity index (χ0) is 14.2. The van der Waals surface area contributed by atoms with E-state index in [0.29, 0.717) is 10.6 Å². The first-order valence-corrected chi connectivity index (χ1v) is 7.42. The molecule has 0 radical (unpaired) electrons. The average Bonchev–Trinajstić information content (AvgIpc) is 2.45. The molecule has 4 nitrogen and oxygen atoms in total. The molecule has 3 rings (SSSR count). The number of hydrogen-bond donors (Lipinski definition) is 1. The van der Waals surface area contributed by atoms with E-state index in [1.54, 1.807) is 12.1 Å². The van der Waals surface area contributed by atoms with Crippen molar-refractivity contribution in [1.29, 1.82) is 0 Å². The molecule has 0 aromatic heterocycles. The van der Waals surface area contributed by atoms with Crippen molar-refractivity contribution in [3.63, 3.8) is 0 Å². The van der Waals surface area contributed by atoms with Crippen LogP contribution in [0.4, 0.5) is 5.69 Å². The van der Waals surface area contributed by atoms with Gasteiger partial charge in [0.25, 0.3) is 5.91 Å². The van der Waals surface area contributed by atoms with E-state index in [1.807, 2.05) is 18.0 Å². The number of nitrogens with one attached hydrogen (secondary N) is 1. The number of benzene rings is 1. The summed E-state index contributed by atoms with van der Waals surface area (Å²) < 4.78 is 5.69. The molecule has 2 aliphatic heterocycles. The number of likely N-dealkylation sites (tertiary alicyclic amines) is 1. The summed E-state index contributed by atoms with van der Waals surface area (Å²) in [4.78, 5) is 14.5. The maximum atomic E-state index is 12.6. The molecule has 1 aromatic carbocycles. The topological polar surface area (TPSA) is 41.6 Å². The van der Waals surface area contributed by atoms with Crippen molar-refractivity contribution in [2.45, 2.75) is 24.9 Å². The molecular weight excluding hydrogens is 276 g/mol. The van der Waals surface area contributed by atoms with Crippen molar-refractivity contribution < 1.29 is 9.53 Å². The van der Waals surface area contributed by atoms with Gasteiger partial charge in [-0.1, -0.05) is 11.6 Å². The van der Waals surface area contributed by atoms with E-state index in [1.165, 1.54) is 0 Å². The fourth-order valence-corrected chi connectivity index (χ4v) is 3.16. The van der Waals surface area contributed by atoms with Gasteiger partial charge in [0.05, 0.1) is 17.8 Å². The number of hydrogen-bond acceptors (Lipinski definition) is 3. The van der Waals surface area contributed by atoms with Gasteiger partial charge in [0.15, 0.2) is 0 Å². The quantitative estimate of drug-likeness (QED) is 0.912. The summed E-state index contributed by atoms with van der Waals surface area (Å²) in [6, 6.07) is 5.37. The highest BCUT2D eigenvalue weighted by molar-refractivity contribution is 6.31. The Morgan fingerprint density at radius 1 is 1.35 bits per heavy atom. The van der Waals surface area contributed by atoms with Gasteiger partial charge in [0.1, 0.15) is 0 Å². The summed E-state index contributed by atoms with van der Waals surface area (Å²) >= 11 is 6.02. The van der Waals surface area contributed by atoms with Gasteiger partial charge in [-0.2, -0.15) is 0 Å². The van der Waals surface area contributed by atoms with E-state index in [2.05, 4.69) is 5.32 Å². The number of piperidine rings is 1. The van der Waals surface area contributed by atoms with Crippen LogP contribution in [0.15, 0.2) is 18.2 Å². The number of carbonyl (C=O) groups excluding carboxylic acids is 1. The SMILES string of the molecule is CNc1ccc(Cl)cc1C(=O)N1CCC2(CCO2)CC1. The number of halogens is 1. The van der Waals surface area contributed by atoms with Gasteiger partial charge in [-0.25, -0.2) is 0 Å². The molecular formula is C15H19ClN2O2. The molecule has 0 atom stereocenters. The third kappa shape index (κ3) is 2.38. The Morgan fingerprint density at radius 3 is 2.60 bits per heavy atom. The Morgan fingerprint density at radius 2 is 2.05 bits per heavy atom. The number of nitrogens with zero attached hydrogens (tertiary/aromatic N) is 1. The molecule has 5 heteroatoms.